The Balaban J connectivity index is 4.06. The van der Waals surface area contributed by atoms with E-state index in [1.54, 1.807) is 6.08 Å². The molecule has 0 spiro atoms. The summed E-state index contributed by atoms with van der Waals surface area (Å²) < 4.78 is 23.1. The Hall–Kier alpha value is -2.32. The van der Waals surface area contributed by atoms with Crippen LogP contribution in [0.3, 0.4) is 0 Å². The minimum absolute atomic E-state index is 0.00953. The molecule has 0 aromatic rings. The van der Waals surface area contributed by atoms with Crippen molar-refractivity contribution in [2.75, 3.05) is 40.9 Å². The summed E-state index contributed by atoms with van der Waals surface area (Å²) in [5.74, 6) is -0.214. The average Bonchev–Trinajstić information content (AvgIpc) is 3.23. The largest absolute Gasteiger partial charge is 0.756 e. The van der Waals surface area contributed by atoms with Gasteiger partial charge in [0.1, 0.15) is 13.2 Å². The van der Waals surface area contributed by atoms with E-state index in [9.17, 15) is 19.4 Å². The highest BCUT2D eigenvalue weighted by atomic mass is 31.2. The first kappa shape index (κ1) is 59.7. The first-order valence-electron chi connectivity index (χ1n) is 24.9. The summed E-state index contributed by atoms with van der Waals surface area (Å²) in [6.45, 7) is 4.44. The lowest BCUT2D eigenvalue weighted by atomic mass is 10.0. The van der Waals surface area contributed by atoms with Gasteiger partial charge < -0.3 is 28.8 Å². The molecule has 0 radical (unpaired) electrons. The van der Waals surface area contributed by atoms with Crippen molar-refractivity contribution < 1.29 is 32.9 Å². The van der Waals surface area contributed by atoms with Crippen molar-refractivity contribution in [1.29, 1.82) is 0 Å². The van der Waals surface area contributed by atoms with Gasteiger partial charge in [-0.05, 0) is 77.0 Å². The normalized spacial score (nSPS) is 14.9. The molecule has 0 fully saturated rings. The van der Waals surface area contributed by atoms with Crippen LogP contribution < -0.4 is 10.2 Å². The first-order chi connectivity index (χ1) is 30.0. The minimum Gasteiger partial charge on any atom is -0.756 e. The summed E-state index contributed by atoms with van der Waals surface area (Å²) in [7, 11) is 1.23. The van der Waals surface area contributed by atoms with Gasteiger partial charge in [0.2, 0.25) is 5.91 Å². The van der Waals surface area contributed by atoms with Crippen molar-refractivity contribution in [3.05, 3.63) is 85.1 Å². The lowest BCUT2D eigenvalue weighted by Gasteiger charge is -2.29. The maximum atomic E-state index is 12.9. The summed E-state index contributed by atoms with van der Waals surface area (Å²) in [6, 6.07) is -0.904. The second-order valence-electron chi connectivity index (χ2n) is 17.8. The fourth-order valence-corrected chi connectivity index (χ4v) is 7.39. The topological polar surface area (TPSA) is 108 Å². The summed E-state index contributed by atoms with van der Waals surface area (Å²) in [4.78, 5) is 25.3. The molecule has 0 heterocycles. The van der Waals surface area contributed by atoms with E-state index in [2.05, 4.69) is 92.1 Å². The second kappa shape index (κ2) is 43.9. The number of aliphatic hydroxyl groups is 1. The fraction of sp³-hybridized carbons (Fsp3) is 0.717. The number of nitrogens with one attached hydrogen (secondary N) is 1. The van der Waals surface area contributed by atoms with E-state index < -0.39 is 26.6 Å². The average molecular weight is 887 g/mol. The van der Waals surface area contributed by atoms with Crippen LogP contribution >= 0.6 is 7.82 Å². The number of phosphoric acid groups is 1. The molecule has 62 heavy (non-hydrogen) atoms. The maximum absolute atomic E-state index is 12.9. The molecule has 0 aromatic carbocycles. The molecule has 0 saturated carbocycles. The number of nitrogens with zero attached hydrogens (tertiary/aromatic N) is 1. The molecule has 3 atom stereocenters. The van der Waals surface area contributed by atoms with Crippen molar-refractivity contribution in [3.63, 3.8) is 0 Å². The Bertz CT molecular complexity index is 1280. The van der Waals surface area contributed by atoms with Crippen molar-refractivity contribution in [2.45, 2.75) is 206 Å². The van der Waals surface area contributed by atoms with Gasteiger partial charge in [0.05, 0.1) is 39.9 Å². The smallest absolute Gasteiger partial charge is 0.268 e. The quantitative estimate of drug-likeness (QED) is 0.0273. The highest BCUT2D eigenvalue weighted by molar-refractivity contribution is 7.45. The van der Waals surface area contributed by atoms with Crippen LogP contribution in [-0.4, -0.2) is 68.5 Å². The van der Waals surface area contributed by atoms with Crippen molar-refractivity contribution in [3.8, 4) is 0 Å². The Labute approximate surface area is 382 Å². The molecule has 3 unspecified atom stereocenters. The van der Waals surface area contributed by atoms with Gasteiger partial charge in [-0.15, -0.1) is 0 Å². The van der Waals surface area contributed by atoms with Gasteiger partial charge in [-0.2, -0.15) is 0 Å². The Morgan fingerprint density at radius 2 is 1.00 bits per heavy atom. The number of allylic oxidation sites excluding steroid dienone is 13. The van der Waals surface area contributed by atoms with E-state index in [0.29, 0.717) is 17.4 Å². The molecular formula is C53H95N2O6P. The second-order valence-corrected chi connectivity index (χ2v) is 19.2. The number of amides is 1. The standard InChI is InChI=1S/C53H95N2O6P/c1-6-8-10-12-14-16-17-18-19-20-21-22-23-24-25-26-27-28-29-30-31-32-33-34-35-36-37-39-41-43-45-47-53(57)54-51(50-61-62(58,59)60-49-48-55(3,4)5)52(56)46-44-42-40-38-15-13-11-9-7-2/h8,10,14-16,18-19,21-22,24-25,38,44,46,51-52,56H,6-7,9,11-13,17,20,23,26-37,39-43,45,47-50H2,1-5H3,(H-,54,57,58,59)/b10-8-,16-14-,19-18-,22-21-,25-24-,38-15+,46-44+. The number of carbonyl (C=O) groups excluding carboxylic acids is 1. The third kappa shape index (κ3) is 45.7. The zero-order valence-electron chi connectivity index (χ0n) is 40.5. The third-order valence-electron chi connectivity index (χ3n) is 10.6. The summed E-state index contributed by atoms with van der Waals surface area (Å²) >= 11 is 0. The molecule has 0 bridgehead atoms. The van der Waals surface area contributed by atoms with Crippen LogP contribution in [0.2, 0.25) is 0 Å². The van der Waals surface area contributed by atoms with Gasteiger partial charge in [-0.1, -0.05) is 195 Å². The zero-order valence-corrected chi connectivity index (χ0v) is 41.4. The van der Waals surface area contributed by atoms with Gasteiger partial charge >= 0.3 is 0 Å². The number of hydrogen-bond acceptors (Lipinski definition) is 6. The number of rotatable bonds is 44. The maximum Gasteiger partial charge on any atom is 0.268 e. The predicted octanol–water partition coefficient (Wildman–Crippen LogP) is 13.9. The molecule has 1 amide bonds. The number of unbranched alkanes of at least 4 members (excludes halogenated alkanes) is 19. The zero-order chi connectivity index (χ0) is 45.7. The van der Waals surface area contributed by atoms with Crippen molar-refractivity contribution >= 4 is 13.7 Å². The number of phosphoric ester groups is 1. The van der Waals surface area contributed by atoms with E-state index >= 15 is 0 Å². The van der Waals surface area contributed by atoms with Gasteiger partial charge in [-0.3, -0.25) is 9.36 Å². The minimum atomic E-state index is -4.59. The number of quaternary nitrogens is 1. The molecule has 2 N–H and O–H groups in total. The van der Waals surface area contributed by atoms with Crippen molar-refractivity contribution in [1.82, 2.24) is 5.32 Å². The molecule has 9 heteroatoms. The highest BCUT2D eigenvalue weighted by Gasteiger charge is 2.23. The summed E-state index contributed by atoms with van der Waals surface area (Å²) in [5.41, 5.74) is 0. The summed E-state index contributed by atoms with van der Waals surface area (Å²) in [6.07, 6.45) is 61.0. The number of aliphatic hydroxyl groups excluding tert-OH is 1. The molecule has 0 aliphatic rings. The fourth-order valence-electron chi connectivity index (χ4n) is 6.66. The van der Waals surface area contributed by atoms with Crippen LogP contribution in [0.25, 0.3) is 0 Å². The lowest BCUT2D eigenvalue weighted by molar-refractivity contribution is -0.870. The number of hydrogen-bond donors (Lipinski definition) is 2. The van der Waals surface area contributed by atoms with E-state index in [1.165, 1.54) is 103 Å². The molecule has 8 nitrogen and oxygen atoms in total. The van der Waals surface area contributed by atoms with Gasteiger partial charge in [0.15, 0.2) is 0 Å². The van der Waals surface area contributed by atoms with Crippen molar-refractivity contribution in [2.24, 2.45) is 0 Å². The van der Waals surface area contributed by atoms with Crippen LogP contribution in [0.4, 0.5) is 0 Å². The van der Waals surface area contributed by atoms with Gasteiger partial charge in [-0.25, -0.2) is 0 Å². The number of likely N-dealkylation sites (N-methyl/N-ethyl adjacent to an activating group) is 1. The monoisotopic (exact) mass is 887 g/mol. The molecular weight excluding hydrogens is 792 g/mol. The molecule has 0 aliphatic carbocycles. The van der Waals surface area contributed by atoms with Crippen LogP contribution in [0, 0.1) is 0 Å². The predicted molar refractivity (Wildman–Crippen MR) is 265 cm³/mol. The van der Waals surface area contributed by atoms with E-state index in [1.807, 2.05) is 27.2 Å². The summed E-state index contributed by atoms with van der Waals surface area (Å²) in [5, 5.41) is 13.7. The Morgan fingerprint density at radius 3 is 1.50 bits per heavy atom. The first-order valence-corrected chi connectivity index (χ1v) is 26.4. The molecule has 0 aliphatic heterocycles. The molecule has 0 rings (SSSR count). The van der Waals surface area contributed by atoms with E-state index in [0.717, 1.165) is 70.6 Å². The Kier molecular flexibility index (Phi) is 42.3. The molecule has 358 valence electrons. The number of carbonyl (C=O) groups is 1. The lowest BCUT2D eigenvalue weighted by Crippen LogP contribution is -2.45. The van der Waals surface area contributed by atoms with Crippen LogP contribution in [-0.2, 0) is 18.4 Å². The third-order valence-corrected chi connectivity index (χ3v) is 11.6. The van der Waals surface area contributed by atoms with Gasteiger partial charge in [0.25, 0.3) is 7.82 Å². The van der Waals surface area contributed by atoms with E-state index in [4.69, 9.17) is 9.05 Å². The van der Waals surface area contributed by atoms with Gasteiger partial charge in [0, 0.05) is 6.42 Å². The molecule has 0 aromatic heterocycles. The van der Waals surface area contributed by atoms with E-state index in [-0.39, 0.29) is 12.5 Å². The van der Waals surface area contributed by atoms with Crippen LogP contribution in [0.1, 0.15) is 194 Å². The van der Waals surface area contributed by atoms with Crippen LogP contribution in [0.15, 0.2) is 85.1 Å². The SMILES string of the molecule is CC/C=C\C/C=C\C/C=C\C/C=C\C/C=C\CCCCCCCCCCCCCCCCCC(=O)NC(COP(=O)([O-])OCC[N+](C)(C)C)C(O)/C=C/CC/C=C/CCCCC. The highest BCUT2D eigenvalue weighted by Crippen LogP contribution is 2.38. The molecule has 0 saturated heterocycles. The van der Waals surface area contributed by atoms with Crippen LogP contribution in [0.5, 0.6) is 0 Å². The Morgan fingerprint density at radius 1 is 0.581 bits per heavy atom.